The molecule has 0 bridgehead atoms. The number of carbonyl (C=O) groups excluding carboxylic acids is 1. The monoisotopic (exact) mass is 428 g/mol. The van der Waals surface area contributed by atoms with Gasteiger partial charge in [0.1, 0.15) is 5.75 Å². The Morgan fingerprint density at radius 3 is 2.66 bits per heavy atom. The van der Waals surface area contributed by atoms with Gasteiger partial charge in [-0.3, -0.25) is 9.69 Å². The smallest absolute Gasteiger partial charge is 0.260 e. The third-order valence-corrected chi connectivity index (χ3v) is 6.06. The molecule has 1 amide bonds. The van der Waals surface area contributed by atoms with E-state index in [1.165, 1.54) is 27.8 Å². The second kappa shape index (κ2) is 10.0. The third kappa shape index (κ3) is 5.03. The van der Waals surface area contributed by atoms with Gasteiger partial charge in [0.15, 0.2) is 6.10 Å². The Labute approximate surface area is 191 Å². The lowest BCUT2D eigenvalue weighted by Gasteiger charge is -2.38. The second-order valence-electron chi connectivity index (χ2n) is 8.54. The largest absolute Gasteiger partial charge is 0.481 e. The topological polar surface area (TPSA) is 41.6 Å². The molecule has 1 aliphatic rings. The van der Waals surface area contributed by atoms with Gasteiger partial charge in [-0.2, -0.15) is 0 Å². The van der Waals surface area contributed by atoms with Crippen LogP contribution in [0.3, 0.4) is 0 Å². The molecule has 166 valence electrons. The van der Waals surface area contributed by atoms with E-state index in [9.17, 15) is 4.79 Å². The van der Waals surface area contributed by atoms with Gasteiger partial charge in [0.25, 0.3) is 5.91 Å². The van der Waals surface area contributed by atoms with Gasteiger partial charge < -0.3 is 10.1 Å². The van der Waals surface area contributed by atoms with Gasteiger partial charge in [0, 0.05) is 19.6 Å². The van der Waals surface area contributed by atoms with Crippen molar-refractivity contribution >= 4 is 5.91 Å². The molecule has 1 heterocycles. The van der Waals surface area contributed by atoms with Crippen LogP contribution >= 0.6 is 0 Å². The van der Waals surface area contributed by atoms with Crippen molar-refractivity contribution < 1.29 is 9.53 Å². The highest BCUT2D eigenvalue weighted by Gasteiger charge is 2.29. The number of fused-ring (bicyclic) bond motifs is 1. The number of hydrogen-bond acceptors (Lipinski definition) is 3. The molecule has 32 heavy (non-hydrogen) atoms. The highest BCUT2D eigenvalue weighted by atomic mass is 16.5. The summed E-state index contributed by atoms with van der Waals surface area (Å²) in [5.41, 5.74) is 6.49. The lowest BCUT2D eigenvalue weighted by atomic mass is 9.87. The average molecular weight is 429 g/mol. The molecular formula is C28H32N2O2. The van der Waals surface area contributed by atoms with Gasteiger partial charge in [-0.1, -0.05) is 66.2 Å². The van der Waals surface area contributed by atoms with Crippen molar-refractivity contribution in [3.05, 3.63) is 101 Å². The fourth-order valence-electron chi connectivity index (χ4n) is 4.54. The minimum atomic E-state index is -0.532. The number of nitrogens with zero attached hydrogens (tertiary/aromatic N) is 1. The number of likely N-dealkylation sites (N-methyl/N-ethyl adjacent to an activating group) is 1. The molecule has 0 unspecified atom stereocenters. The summed E-state index contributed by atoms with van der Waals surface area (Å²) in [4.78, 5) is 14.7. The molecule has 1 N–H and O–H groups in total. The van der Waals surface area contributed by atoms with E-state index in [1.807, 2.05) is 13.0 Å². The molecule has 3 aromatic carbocycles. The number of hydrogen-bond donors (Lipinski definition) is 1. The van der Waals surface area contributed by atoms with Crippen LogP contribution in [0.25, 0.3) is 0 Å². The highest BCUT2D eigenvalue weighted by molar-refractivity contribution is 5.80. The number of benzene rings is 3. The van der Waals surface area contributed by atoms with Gasteiger partial charge in [-0.05, 0) is 61.6 Å². The first kappa shape index (κ1) is 22.1. The van der Waals surface area contributed by atoms with Gasteiger partial charge in [-0.15, -0.1) is 0 Å². The molecule has 0 saturated heterocycles. The Balaban J connectivity index is 1.67. The first-order valence-electron chi connectivity index (χ1n) is 11.5. The summed E-state index contributed by atoms with van der Waals surface area (Å²) in [6.07, 6.45) is 0.464. The van der Waals surface area contributed by atoms with Crippen LogP contribution in [0.5, 0.6) is 5.75 Å². The van der Waals surface area contributed by atoms with E-state index < -0.39 is 6.10 Å². The minimum Gasteiger partial charge on any atom is -0.481 e. The second-order valence-corrected chi connectivity index (χ2v) is 8.54. The fourth-order valence-corrected chi connectivity index (χ4v) is 4.54. The van der Waals surface area contributed by atoms with E-state index in [0.29, 0.717) is 6.54 Å². The van der Waals surface area contributed by atoms with Crippen LogP contribution in [-0.4, -0.2) is 30.0 Å². The molecule has 4 nitrogen and oxygen atoms in total. The third-order valence-electron chi connectivity index (χ3n) is 6.06. The molecule has 3 aromatic rings. The van der Waals surface area contributed by atoms with Crippen LogP contribution in [-0.2, 0) is 17.8 Å². The molecule has 0 radical (unpaired) electrons. The summed E-state index contributed by atoms with van der Waals surface area (Å²) >= 11 is 0. The van der Waals surface area contributed by atoms with Crippen LogP contribution in [0.2, 0.25) is 0 Å². The molecule has 0 saturated carbocycles. The maximum absolute atomic E-state index is 12.2. The lowest BCUT2D eigenvalue weighted by molar-refractivity contribution is -0.127. The molecule has 0 aromatic heterocycles. The predicted octanol–water partition coefficient (Wildman–Crippen LogP) is 5.05. The van der Waals surface area contributed by atoms with E-state index in [2.05, 4.69) is 83.9 Å². The Bertz CT molecular complexity index is 1060. The van der Waals surface area contributed by atoms with Crippen LogP contribution in [0.4, 0.5) is 0 Å². The Morgan fingerprint density at radius 1 is 1.09 bits per heavy atom. The maximum atomic E-state index is 12.2. The minimum absolute atomic E-state index is 0.0918. The van der Waals surface area contributed by atoms with E-state index in [-0.39, 0.29) is 11.9 Å². The van der Waals surface area contributed by atoms with Crippen molar-refractivity contribution in [1.29, 1.82) is 0 Å². The van der Waals surface area contributed by atoms with E-state index in [1.54, 1.807) is 6.92 Å². The highest BCUT2D eigenvalue weighted by Crippen LogP contribution is 2.38. The number of aryl methyl sites for hydroxylation is 1. The normalized spacial score (nSPS) is 16.8. The summed E-state index contributed by atoms with van der Waals surface area (Å²) in [5, 5.41) is 2.83. The predicted molar refractivity (Wildman–Crippen MR) is 129 cm³/mol. The van der Waals surface area contributed by atoms with Crippen LogP contribution in [0.15, 0.2) is 72.8 Å². The fraction of sp³-hybridized carbons (Fsp3) is 0.321. The summed E-state index contributed by atoms with van der Waals surface area (Å²) in [6, 6.07) is 25.9. The van der Waals surface area contributed by atoms with E-state index in [4.69, 9.17) is 4.74 Å². The van der Waals surface area contributed by atoms with Gasteiger partial charge in [-0.25, -0.2) is 0 Å². The number of nitrogens with one attached hydrogen (secondary N) is 1. The number of rotatable bonds is 7. The Kier molecular flexibility index (Phi) is 6.91. The molecule has 2 atom stereocenters. The Hall–Kier alpha value is -3.11. The SMILES string of the molecule is CCNC(=O)[C@@H](C)Oc1ccc2c(c1)[C@@H](c1ccccc1)N(Cc1cccc(C)c1)CC2. The zero-order valence-corrected chi connectivity index (χ0v) is 19.2. The Morgan fingerprint density at radius 2 is 1.91 bits per heavy atom. The average Bonchev–Trinajstić information content (AvgIpc) is 2.79. The summed E-state index contributed by atoms with van der Waals surface area (Å²) in [5.74, 6) is 0.645. The maximum Gasteiger partial charge on any atom is 0.260 e. The first-order chi connectivity index (χ1) is 15.5. The molecule has 4 rings (SSSR count). The quantitative estimate of drug-likeness (QED) is 0.573. The number of ether oxygens (including phenoxy) is 1. The number of carbonyl (C=O) groups is 1. The van der Waals surface area contributed by atoms with Crippen LogP contribution < -0.4 is 10.1 Å². The molecule has 1 aliphatic heterocycles. The molecule has 0 fully saturated rings. The van der Waals surface area contributed by atoms with Crippen molar-refractivity contribution in [3.63, 3.8) is 0 Å². The summed E-state index contributed by atoms with van der Waals surface area (Å²) in [6.45, 7) is 8.33. The zero-order valence-electron chi connectivity index (χ0n) is 19.2. The van der Waals surface area contributed by atoms with Crippen molar-refractivity contribution in [2.75, 3.05) is 13.1 Å². The van der Waals surface area contributed by atoms with Crippen molar-refractivity contribution in [1.82, 2.24) is 10.2 Å². The van der Waals surface area contributed by atoms with Gasteiger partial charge in [0.05, 0.1) is 6.04 Å². The standard InChI is InChI=1S/C28H32N2O2/c1-4-29-28(31)21(3)32-25-14-13-23-15-16-30(19-22-10-8-9-20(2)17-22)27(26(23)18-25)24-11-6-5-7-12-24/h5-14,17-18,21,27H,4,15-16,19H2,1-3H3,(H,29,31)/t21-,27-/m1/s1. The first-order valence-corrected chi connectivity index (χ1v) is 11.5. The van der Waals surface area contributed by atoms with Crippen molar-refractivity contribution in [3.8, 4) is 5.75 Å². The molecule has 0 spiro atoms. The van der Waals surface area contributed by atoms with E-state index >= 15 is 0 Å². The molecule has 0 aliphatic carbocycles. The van der Waals surface area contributed by atoms with Crippen LogP contribution in [0.1, 0.15) is 47.7 Å². The van der Waals surface area contributed by atoms with Gasteiger partial charge >= 0.3 is 0 Å². The lowest BCUT2D eigenvalue weighted by Crippen LogP contribution is -2.37. The molecular weight excluding hydrogens is 396 g/mol. The van der Waals surface area contributed by atoms with E-state index in [0.717, 1.165) is 25.3 Å². The van der Waals surface area contributed by atoms with Crippen molar-refractivity contribution in [2.45, 2.75) is 45.9 Å². The summed E-state index contributed by atoms with van der Waals surface area (Å²) in [7, 11) is 0. The number of amides is 1. The van der Waals surface area contributed by atoms with Gasteiger partial charge in [0.2, 0.25) is 0 Å². The molecule has 4 heteroatoms. The van der Waals surface area contributed by atoms with Crippen LogP contribution in [0, 0.1) is 6.92 Å². The van der Waals surface area contributed by atoms with Crippen molar-refractivity contribution in [2.24, 2.45) is 0 Å². The zero-order chi connectivity index (χ0) is 22.5. The summed E-state index contributed by atoms with van der Waals surface area (Å²) < 4.78 is 6.02.